The molecule has 1 aliphatic carbocycles. The lowest BCUT2D eigenvalue weighted by atomic mass is 9.71. The van der Waals surface area contributed by atoms with Crippen molar-refractivity contribution in [2.75, 3.05) is 6.67 Å². The van der Waals surface area contributed by atoms with Gasteiger partial charge in [0.25, 0.3) is 0 Å². The molecule has 0 bridgehead atoms. The maximum atomic E-state index is 13.3. The Morgan fingerprint density at radius 2 is 0.941 bits per heavy atom. The Kier molecular flexibility index (Phi) is 10.4. The molecule has 34 heavy (non-hydrogen) atoms. The average molecular weight is 492 g/mol. The van der Waals surface area contributed by atoms with Crippen LogP contribution in [0.4, 0.5) is 4.39 Å². The molecule has 0 N–H and O–H groups in total. The van der Waals surface area contributed by atoms with E-state index in [2.05, 4.69) is 0 Å². The lowest BCUT2D eigenvalue weighted by Gasteiger charge is -2.53. The third-order valence-corrected chi connectivity index (χ3v) is 4.73. The highest BCUT2D eigenvalue weighted by molar-refractivity contribution is 5.71. The van der Waals surface area contributed by atoms with Crippen LogP contribution >= 0.6 is 0 Å². The Balaban J connectivity index is 4.00. The molecule has 0 aromatic carbocycles. The van der Waals surface area contributed by atoms with Crippen molar-refractivity contribution in [2.24, 2.45) is 0 Å². The predicted octanol–water partition coefficient (Wildman–Crippen LogP) is 0.710. The van der Waals surface area contributed by atoms with Crippen molar-refractivity contribution < 1.29 is 61.6 Å². The number of alkyl halides is 1. The molecule has 0 radical (unpaired) electrons. The number of carbonyl (C=O) groups is 6. The van der Waals surface area contributed by atoms with Crippen molar-refractivity contribution in [2.45, 2.75) is 90.5 Å². The van der Waals surface area contributed by atoms with Crippen LogP contribution in [0, 0.1) is 0 Å². The second kappa shape index (κ2) is 12.3. The van der Waals surface area contributed by atoms with Crippen LogP contribution in [0.2, 0.25) is 0 Å². The minimum Gasteiger partial charge on any atom is -0.454 e. The molecule has 0 spiro atoms. The molecule has 13 heteroatoms. The third-order valence-electron chi connectivity index (χ3n) is 4.73. The summed E-state index contributed by atoms with van der Waals surface area (Å²) in [6, 6.07) is 0. The lowest BCUT2D eigenvalue weighted by molar-refractivity contribution is -0.291. The number of hydrogen-bond donors (Lipinski definition) is 0. The first-order chi connectivity index (χ1) is 15.7. The van der Waals surface area contributed by atoms with E-state index in [1.54, 1.807) is 0 Å². The zero-order chi connectivity index (χ0) is 26.2. The Bertz CT molecular complexity index is 766. The van der Waals surface area contributed by atoms with E-state index in [9.17, 15) is 33.2 Å². The number of hydrogen-bond acceptors (Lipinski definition) is 12. The largest absolute Gasteiger partial charge is 0.454 e. The first kappa shape index (κ1) is 28.8. The van der Waals surface area contributed by atoms with Crippen molar-refractivity contribution in [3.8, 4) is 0 Å². The maximum absolute atomic E-state index is 13.3. The average Bonchev–Trinajstić information content (AvgIpc) is 2.67. The van der Waals surface area contributed by atoms with Crippen LogP contribution in [0.3, 0.4) is 0 Å². The van der Waals surface area contributed by atoms with E-state index in [0.29, 0.717) is 0 Å². The lowest BCUT2D eigenvalue weighted by Crippen LogP contribution is -2.75. The van der Waals surface area contributed by atoms with Gasteiger partial charge in [0, 0.05) is 41.5 Å². The van der Waals surface area contributed by atoms with Gasteiger partial charge in [-0.05, 0) is 12.8 Å². The summed E-state index contributed by atoms with van der Waals surface area (Å²) in [7, 11) is 0. The van der Waals surface area contributed by atoms with Crippen molar-refractivity contribution in [3.05, 3.63) is 0 Å². The highest BCUT2D eigenvalue weighted by Crippen LogP contribution is 2.44. The Hall–Kier alpha value is -3.25. The molecule has 192 valence electrons. The first-order valence-electron chi connectivity index (χ1n) is 10.4. The molecule has 0 heterocycles. The molecule has 12 nitrogen and oxygen atoms in total. The molecule has 0 aromatic heterocycles. The van der Waals surface area contributed by atoms with Gasteiger partial charge >= 0.3 is 35.8 Å². The van der Waals surface area contributed by atoms with Gasteiger partial charge in [0.1, 0.15) is 0 Å². The molecule has 1 saturated carbocycles. The molecule has 1 fully saturated rings. The van der Waals surface area contributed by atoms with Gasteiger partial charge in [-0.3, -0.25) is 33.2 Å². The smallest absolute Gasteiger partial charge is 0.303 e. The quantitative estimate of drug-likeness (QED) is 0.328. The molecule has 4 unspecified atom stereocenters. The zero-order valence-corrected chi connectivity index (χ0v) is 19.8. The monoisotopic (exact) mass is 492 g/mol. The van der Waals surface area contributed by atoms with Gasteiger partial charge in [0.2, 0.25) is 0 Å². The summed E-state index contributed by atoms with van der Waals surface area (Å²) < 4.78 is 45.4. The SMILES string of the molecule is CC(=O)OC1C(OC(C)=O)[C@](CCCF)(OC(C)=O)C(OC(C)=O)C(OC(C)=O)[C@@H]1OC(C)=O. The fourth-order valence-corrected chi connectivity index (χ4v) is 3.97. The van der Waals surface area contributed by atoms with Gasteiger partial charge in [-0.15, -0.1) is 0 Å². The minimum atomic E-state index is -2.19. The van der Waals surface area contributed by atoms with Crippen LogP contribution in [0.15, 0.2) is 0 Å². The summed E-state index contributed by atoms with van der Waals surface area (Å²) in [5, 5.41) is 0. The van der Waals surface area contributed by atoms with E-state index in [4.69, 9.17) is 28.4 Å². The third kappa shape index (κ3) is 7.39. The molecule has 0 aliphatic heterocycles. The van der Waals surface area contributed by atoms with Gasteiger partial charge in [0.15, 0.2) is 36.1 Å². The Morgan fingerprint density at radius 1 is 0.588 bits per heavy atom. The first-order valence-corrected chi connectivity index (χ1v) is 10.4. The van der Waals surface area contributed by atoms with Crippen LogP contribution in [0.25, 0.3) is 0 Å². The van der Waals surface area contributed by atoms with E-state index in [1.165, 1.54) is 0 Å². The van der Waals surface area contributed by atoms with Crippen LogP contribution in [-0.4, -0.2) is 78.6 Å². The van der Waals surface area contributed by atoms with Crippen LogP contribution in [-0.2, 0) is 57.2 Å². The second-order valence-electron chi connectivity index (χ2n) is 7.62. The van der Waals surface area contributed by atoms with Gasteiger partial charge in [-0.2, -0.15) is 0 Å². The summed E-state index contributed by atoms with van der Waals surface area (Å²) >= 11 is 0. The fourth-order valence-electron chi connectivity index (χ4n) is 3.97. The van der Waals surface area contributed by atoms with E-state index in [0.717, 1.165) is 41.5 Å². The standard InChI is InChI=1S/C21H29FO12/c1-10(23)29-16-17(30-11(2)24)19(32-13(4)26)21(8-7-9-22,34-15(6)28)20(33-14(5)27)18(16)31-12(3)25/h16-20H,7-9H2,1-6H3/t16-,17?,18?,19?,20?,21+. The number of ether oxygens (including phenoxy) is 6. The summed E-state index contributed by atoms with van der Waals surface area (Å²) in [6.45, 7) is 5.08. The van der Waals surface area contributed by atoms with Crippen molar-refractivity contribution >= 4 is 35.8 Å². The molecule has 4 atom stereocenters. The summed E-state index contributed by atoms with van der Waals surface area (Å²) in [6.07, 6.45) is -9.24. The summed E-state index contributed by atoms with van der Waals surface area (Å²) in [4.78, 5) is 72.0. The maximum Gasteiger partial charge on any atom is 0.303 e. The molecule has 0 amide bonds. The van der Waals surface area contributed by atoms with Crippen molar-refractivity contribution in [3.63, 3.8) is 0 Å². The van der Waals surface area contributed by atoms with E-state index >= 15 is 0 Å². The van der Waals surface area contributed by atoms with Crippen molar-refractivity contribution in [1.29, 1.82) is 0 Å². The highest BCUT2D eigenvalue weighted by atomic mass is 19.1. The predicted molar refractivity (Wildman–Crippen MR) is 107 cm³/mol. The number of esters is 6. The number of rotatable bonds is 9. The summed E-state index contributed by atoms with van der Waals surface area (Å²) in [5.74, 6) is -5.59. The summed E-state index contributed by atoms with van der Waals surface area (Å²) in [5.41, 5.74) is -2.19. The van der Waals surface area contributed by atoms with E-state index < -0.39 is 85.0 Å². The Morgan fingerprint density at radius 3 is 1.24 bits per heavy atom. The molecular formula is C21H29FO12. The second-order valence-corrected chi connectivity index (χ2v) is 7.62. The van der Waals surface area contributed by atoms with Gasteiger partial charge in [0.05, 0.1) is 6.67 Å². The topological polar surface area (TPSA) is 158 Å². The van der Waals surface area contributed by atoms with Gasteiger partial charge in [-0.25, -0.2) is 0 Å². The molecular weight excluding hydrogens is 463 g/mol. The molecule has 1 rings (SSSR count). The van der Waals surface area contributed by atoms with Crippen molar-refractivity contribution in [1.82, 2.24) is 0 Å². The van der Waals surface area contributed by atoms with Crippen LogP contribution in [0.5, 0.6) is 0 Å². The molecule has 0 aromatic rings. The van der Waals surface area contributed by atoms with E-state index in [-0.39, 0.29) is 6.42 Å². The fraction of sp³-hybridized carbons (Fsp3) is 0.714. The van der Waals surface area contributed by atoms with Crippen LogP contribution in [0.1, 0.15) is 54.4 Å². The number of halogens is 1. The molecule has 0 saturated heterocycles. The highest BCUT2D eigenvalue weighted by Gasteiger charge is 2.68. The molecule has 1 aliphatic rings. The zero-order valence-electron chi connectivity index (χ0n) is 19.8. The number of carbonyl (C=O) groups excluding carboxylic acids is 6. The van der Waals surface area contributed by atoms with Gasteiger partial charge < -0.3 is 28.4 Å². The normalized spacial score (nSPS) is 28.1. The van der Waals surface area contributed by atoms with Gasteiger partial charge in [-0.1, -0.05) is 0 Å². The Labute approximate surface area is 195 Å². The van der Waals surface area contributed by atoms with Crippen LogP contribution < -0.4 is 0 Å². The van der Waals surface area contributed by atoms with E-state index in [1.807, 2.05) is 0 Å². The minimum absolute atomic E-state index is 0.291.